The van der Waals surface area contributed by atoms with Gasteiger partial charge in [-0.1, -0.05) is 31.4 Å². The molecule has 3 heterocycles. The van der Waals surface area contributed by atoms with Crippen LogP contribution >= 0.6 is 11.9 Å². The minimum atomic E-state index is -2.56. The van der Waals surface area contributed by atoms with E-state index in [4.69, 9.17) is 0 Å². The number of piperidine rings is 1. The molecule has 1 aromatic carbocycles. The average molecular weight is 512 g/mol. The van der Waals surface area contributed by atoms with Crippen molar-refractivity contribution in [3.05, 3.63) is 59.4 Å². The summed E-state index contributed by atoms with van der Waals surface area (Å²) in [5.41, 5.74) is 4.51. The summed E-state index contributed by atoms with van der Waals surface area (Å²) in [4.78, 5) is 7.40. The number of aryl methyl sites for hydroxylation is 1. The summed E-state index contributed by atoms with van der Waals surface area (Å²) in [7, 11) is 0. The van der Waals surface area contributed by atoms with E-state index in [0.717, 1.165) is 17.3 Å². The third-order valence-electron chi connectivity index (χ3n) is 7.50. The lowest BCUT2D eigenvalue weighted by Gasteiger charge is -2.40. The van der Waals surface area contributed by atoms with Crippen LogP contribution in [0.2, 0.25) is 0 Å². The number of benzene rings is 1. The molecule has 0 atom stereocenters. The zero-order valence-electron chi connectivity index (χ0n) is 21.0. The van der Waals surface area contributed by atoms with Crippen molar-refractivity contribution in [3.63, 3.8) is 0 Å². The van der Waals surface area contributed by atoms with E-state index in [2.05, 4.69) is 55.6 Å². The van der Waals surface area contributed by atoms with Gasteiger partial charge in [-0.2, -0.15) is 10.2 Å². The second-order valence-electron chi connectivity index (χ2n) is 10.2. The average Bonchev–Trinajstić information content (AvgIpc) is 3.41. The Morgan fingerprint density at radius 2 is 1.83 bits per heavy atom. The maximum absolute atomic E-state index is 12.9. The molecule has 0 bridgehead atoms. The number of rotatable bonds is 8. The number of likely N-dealkylation sites (tertiary alicyclic amines) is 1. The molecule has 2 aliphatic heterocycles. The van der Waals surface area contributed by atoms with Gasteiger partial charge in [0.2, 0.25) is 0 Å². The molecule has 2 fully saturated rings. The summed E-state index contributed by atoms with van der Waals surface area (Å²) >= 11 is 1.95. The highest BCUT2D eigenvalue weighted by atomic mass is 32.2. The highest BCUT2D eigenvalue weighted by molar-refractivity contribution is 8.01. The molecule has 1 aromatic heterocycles. The van der Waals surface area contributed by atoms with E-state index >= 15 is 0 Å². The molecule has 1 saturated carbocycles. The molecule has 36 heavy (non-hydrogen) atoms. The molecule has 0 N–H and O–H groups in total. The zero-order valence-corrected chi connectivity index (χ0v) is 21.8. The largest absolute Gasteiger partial charge is 0.310 e. The van der Waals surface area contributed by atoms with Crippen molar-refractivity contribution < 1.29 is 8.78 Å². The van der Waals surface area contributed by atoms with Crippen molar-refractivity contribution in [2.75, 3.05) is 17.4 Å². The Bertz CT molecular complexity index is 1070. The fourth-order valence-corrected chi connectivity index (χ4v) is 6.65. The summed E-state index contributed by atoms with van der Waals surface area (Å²) in [6, 6.07) is 13.3. The molecular weight excluding hydrogens is 476 g/mol. The van der Waals surface area contributed by atoms with Gasteiger partial charge >= 0.3 is 0 Å². The molecule has 5 nitrogen and oxygen atoms in total. The van der Waals surface area contributed by atoms with Gasteiger partial charge in [0.1, 0.15) is 5.71 Å². The van der Waals surface area contributed by atoms with E-state index in [1.54, 1.807) is 6.20 Å². The van der Waals surface area contributed by atoms with Crippen LogP contribution in [0.15, 0.2) is 52.8 Å². The van der Waals surface area contributed by atoms with Crippen molar-refractivity contribution in [1.82, 2.24) is 9.88 Å². The predicted molar refractivity (Wildman–Crippen MR) is 145 cm³/mol. The highest BCUT2D eigenvalue weighted by Gasteiger charge is 2.28. The minimum absolute atomic E-state index is 0.0868. The van der Waals surface area contributed by atoms with Crippen LogP contribution in [0.25, 0.3) is 0 Å². The number of alkyl halides is 2. The van der Waals surface area contributed by atoms with Crippen LogP contribution < -0.4 is 4.31 Å². The number of hydrogen-bond acceptors (Lipinski definition) is 6. The Labute approximate surface area is 217 Å². The van der Waals surface area contributed by atoms with E-state index in [-0.39, 0.29) is 12.1 Å². The van der Waals surface area contributed by atoms with Gasteiger partial charge in [0.15, 0.2) is 0 Å². The van der Waals surface area contributed by atoms with E-state index in [9.17, 15) is 8.78 Å². The fourth-order valence-electron chi connectivity index (χ4n) is 5.43. The Hall–Kier alpha value is -2.32. The summed E-state index contributed by atoms with van der Waals surface area (Å²) in [6.45, 7) is 5.20. The lowest BCUT2D eigenvalue weighted by atomic mass is 9.93. The first kappa shape index (κ1) is 25.3. The van der Waals surface area contributed by atoms with Crippen LogP contribution in [0.4, 0.5) is 14.5 Å². The van der Waals surface area contributed by atoms with E-state index in [1.165, 1.54) is 69.3 Å². The van der Waals surface area contributed by atoms with Crippen LogP contribution in [-0.2, 0) is 6.54 Å². The number of hydrogen-bond donors (Lipinski definition) is 0. The summed E-state index contributed by atoms with van der Waals surface area (Å²) in [6.07, 6.45) is 8.61. The standard InChI is InChI=1S/C28H35F2N5S/c1-20-6-5-9-24(16-20)35(36-25-12-14-34(15-13-25)23-7-3-2-4-8-23)19-22-11-10-21(18-31-22)26-17-27(28(29)30)33-32-26/h5-6,9-11,16,18,23,25,28H,2-4,7-8,12-15,17,19H2,1H3. The quantitative estimate of drug-likeness (QED) is 0.372. The van der Waals surface area contributed by atoms with Crippen molar-refractivity contribution in [2.45, 2.75) is 82.6 Å². The molecule has 3 aliphatic rings. The maximum Gasteiger partial charge on any atom is 0.278 e. The summed E-state index contributed by atoms with van der Waals surface area (Å²) in [5, 5.41) is 8.15. The van der Waals surface area contributed by atoms with Crippen LogP contribution in [0.3, 0.4) is 0 Å². The van der Waals surface area contributed by atoms with Gasteiger partial charge in [-0.15, -0.1) is 0 Å². The molecule has 2 aromatic rings. The third kappa shape index (κ3) is 6.32. The topological polar surface area (TPSA) is 44.1 Å². The molecule has 192 valence electrons. The Morgan fingerprint density at radius 3 is 2.50 bits per heavy atom. The van der Waals surface area contributed by atoms with Gasteiger partial charge < -0.3 is 9.21 Å². The number of halogens is 2. The zero-order chi connectivity index (χ0) is 24.9. The van der Waals surface area contributed by atoms with Gasteiger partial charge in [0, 0.05) is 35.2 Å². The summed E-state index contributed by atoms with van der Waals surface area (Å²) in [5.74, 6) is 0. The fraction of sp³-hybridized carbons (Fsp3) is 0.536. The molecule has 0 radical (unpaired) electrons. The van der Waals surface area contributed by atoms with Crippen LogP contribution in [-0.4, -0.2) is 52.1 Å². The second-order valence-corrected chi connectivity index (χ2v) is 11.5. The molecular formula is C28H35F2N5S. The van der Waals surface area contributed by atoms with E-state index in [1.807, 2.05) is 24.1 Å². The van der Waals surface area contributed by atoms with Gasteiger partial charge in [0.05, 0.1) is 18.0 Å². The van der Waals surface area contributed by atoms with Crippen molar-refractivity contribution in [1.29, 1.82) is 0 Å². The first-order chi connectivity index (χ1) is 17.5. The molecule has 5 rings (SSSR count). The van der Waals surface area contributed by atoms with E-state index < -0.39 is 6.43 Å². The van der Waals surface area contributed by atoms with E-state index in [0.29, 0.717) is 17.5 Å². The normalized spacial score (nSPS) is 20.0. The first-order valence-electron chi connectivity index (χ1n) is 13.2. The number of aromatic nitrogens is 1. The second kappa shape index (κ2) is 11.8. The Kier molecular flexibility index (Phi) is 8.32. The molecule has 0 unspecified atom stereocenters. The van der Waals surface area contributed by atoms with Crippen LogP contribution in [0, 0.1) is 6.92 Å². The SMILES string of the molecule is Cc1cccc(N(Cc2ccc(C3=NN=C(C(F)F)C3)cn2)SC2CCN(C3CCCCC3)CC2)c1. The lowest BCUT2D eigenvalue weighted by molar-refractivity contribution is 0.133. The van der Waals surface area contributed by atoms with Gasteiger partial charge in [-0.25, -0.2) is 8.78 Å². The number of nitrogens with zero attached hydrogens (tertiary/aromatic N) is 5. The maximum atomic E-state index is 12.9. The van der Waals surface area contributed by atoms with Crippen molar-refractivity contribution >= 4 is 29.1 Å². The predicted octanol–water partition coefficient (Wildman–Crippen LogP) is 6.66. The highest BCUT2D eigenvalue weighted by Crippen LogP contribution is 2.34. The lowest BCUT2D eigenvalue weighted by Crippen LogP contribution is -2.43. The van der Waals surface area contributed by atoms with Crippen LogP contribution in [0.1, 0.15) is 68.2 Å². The number of anilines is 1. The molecule has 0 spiro atoms. The monoisotopic (exact) mass is 511 g/mol. The molecule has 1 saturated heterocycles. The van der Waals surface area contributed by atoms with Gasteiger partial charge in [0.25, 0.3) is 6.43 Å². The smallest absolute Gasteiger partial charge is 0.278 e. The van der Waals surface area contributed by atoms with Gasteiger partial charge in [-0.3, -0.25) is 4.98 Å². The number of pyridine rings is 1. The van der Waals surface area contributed by atoms with Crippen LogP contribution in [0.5, 0.6) is 0 Å². The first-order valence-corrected chi connectivity index (χ1v) is 14.0. The minimum Gasteiger partial charge on any atom is -0.310 e. The molecule has 1 aliphatic carbocycles. The molecule has 8 heteroatoms. The van der Waals surface area contributed by atoms with Crippen molar-refractivity contribution in [2.24, 2.45) is 10.2 Å². The summed E-state index contributed by atoms with van der Waals surface area (Å²) < 4.78 is 28.2. The van der Waals surface area contributed by atoms with Crippen molar-refractivity contribution in [3.8, 4) is 0 Å². The van der Waals surface area contributed by atoms with Gasteiger partial charge in [-0.05, 0) is 87.5 Å². The third-order valence-corrected chi connectivity index (χ3v) is 8.86. The Balaban J connectivity index is 1.23. The Morgan fingerprint density at radius 1 is 1.03 bits per heavy atom. The molecule has 0 amide bonds.